The number of methoxy groups -OCH3 is 1. The lowest BCUT2D eigenvalue weighted by Crippen LogP contribution is -2.63. The van der Waals surface area contributed by atoms with Gasteiger partial charge >= 0.3 is 0 Å². The summed E-state index contributed by atoms with van der Waals surface area (Å²) in [6.07, 6.45) is 0. The summed E-state index contributed by atoms with van der Waals surface area (Å²) in [4.78, 5) is 13.6. The molecule has 1 fully saturated rings. The first-order chi connectivity index (χ1) is 10.5. The lowest BCUT2D eigenvalue weighted by atomic mass is 9.88. The molecule has 2 aromatic carbocycles. The first kappa shape index (κ1) is 14.8. The van der Waals surface area contributed by atoms with E-state index in [0.29, 0.717) is 22.0 Å². The zero-order valence-electron chi connectivity index (χ0n) is 11.8. The number of rotatable bonds is 3. The second-order valence-electron chi connectivity index (χ2n) is 5.02. The first-order valence-electron chi connectivity index (χ1n) is 6.71. The van der Waals surface area contributed by atoms with Gasteiger partial charge in [0.1, 0.15) is 17.6 Å². The van der Waals surface area contributed by atoms with Gasteiger partial charge in [0.2, 0.25) is 5.91 Å². The predicted molar refractivity (Wildman–Crippen MR) is 82.6 cm³/mol. The van der Waals surface area contributed by atoms with Gasteiger partial charge in [-0.25, -0.2) is 4.39 Å². The van der Waals surface area contributed by atoms with Crippen molar-refractivity contribution >= 4 is 23.2 Å². The molecule has 2 N–H and O–H groups in total. The zero-order chi connectivity index (χ0) is 15.9. The fraction of sp³-hybridized carbons (Fsp3) is 0.188. The van der Waals surface area contributed by atoms with Crippen LogP contribution in [0.15, 0.2) is 42.5 Å². The van der Waals surface area contributed by atoms with Crippen LogP contribution in [0.25, 0.3) is 0 Å². The van der Waals surface area contributed by atoms with Crippen molar-refractivity contribution < 1.29 is 13.9 Å². The lowest BCUT2D eigenvalue weighted by molar-refractivity contribution is -0.126. The Bertz CT molecular complexity index is 738. The molecule has 2 atom stereocenters. The van der Waals surface area contributed by atoms with Gasteiger partial charge in [-0.15, -0.1) is 0 Å². The SMILES string of the molecule is COc1ccc(N2C(=O)[C@H](N)[C@@H]2c2ccccc2F)cc1Cl. The second-order valence-corrected chi connectivity index (χ2v) is 5.43. The Balaban J connectivity index is 2.00. The Kier molecular flexibility index (Phi) is 3.76. The molecule has 0 bridgehead atoms. The molecule has 0 unspecified atom stereocenters. The van der Waals surface area contributed by atoms with E-state index < -0.39 is 12.1 Å². The Hall–Kier alpha value is -2.11. The topological polar surface area (TPSA) is 55.6 Å². The van der Waals surface area contributed by atoms with E-state index >= 15 is 0 Å². The highest BCUT2D eigenvalue weighted by Gasteiger charge is 2.47. The van der Waals surface area contributed by atoms with Crippen LogP contribution in [0.3, 0.4) is 0 Å². The fourth-order valence-corrected chi connectivity index (χ4v) is 2.90. The van der Waals surface area contributed by atoms with Gasteiger partial charge < -0.3 is 15.4 Å². The summed E-state index contributed by atoms with van der Waals surface area (Å²) >= 11 is 6.10. The third-order valence-electron chi connectivity index (χ3n) is 3.78. The van der Waals surface area contributed by atoms with E-state index in [2.05, 4.69) is 0 Å². The van der Waals surface area contributed by atoms with E-state index in [1.807, 2.05) is 0 Å². The van der Waals surface area contributed by atoms with Crippen molar-refractivity contribution in [1.82, 2.24) is 0 Å². The van der Waals surface area contributed by atoms with Gasteiger partial charge in [0.25, 0.3) is 0 Å². The summed E-state index contributed by atoms with van der Waals surface area (Å²) in [6.45, 7) is 0. The third-order valence-corrected chi connectivity index (χ3v) is 4.07. The summed E-state index contributed by atoms with van der Waals surface area (Å²) in [5, 5.41) is 0.376. The van der Waals surface area contributed by atoms with Gasteiger partial charge in [-0.05, 0) is 24.3 Å². The molecule has 0 saturated carbocycles. The zero-order valence-corrected chi connectivity index (χ0v) is 12.5. The molecule has 22 heavy (non-hydrogen) atoms. The van der Waals surface area contributed by atoms with Crippen molar-refractivity contribution in [1.29, 1.82) is 0 Å². The second kappa shape index (κ2) is 5.59. The van der Waals surface area contributed by atoms with Crippen molar-refractivity contribution in [2.45, 2.75) is 12.1 Å². The van der Waals surface area contributed by atoms with E-state index in [0.717, 1.165) is 0 Å². The molecule has 0 aliphatic carbocycles. The number of benzene rings is 2. The molecule has 1 amide bonds. The Morgan fingerprint density at radius 3 is 2.64 bits per heavy atom. The Morgan fingerprint density at radius 1 is 1.27 bits per heavy atom. The minimum absolute atomic E-state index is 0.269. The maximum atomic E-state index is 14.0. The highest BCUT2D eigenvalue weighted by atomic mass is 35.5. The maximum Gasteiger partial charge on any atom is 0.247 e. The fourth-order valence-electron chi connectivity index (χ4n) is 2.65. The molecular formula is C16H14ClFN2O2. The van der Waals surface area contributed by atoms with E-state index in [-0.39, 0.29) is 11.7 Å². The van der Waals surface area contributed by atoms with Gasteiger partial charge in [0.15, 0.2) is 0 Å². The van der Waals surface area contributed by atoms with Crippen LogP contribution < -0.4 is 15.4 Å². The summed E-state index contributed by atoms with van der Waals surface area (Å²) < 4.78 is 19.1. The highest BCUT2D eigenvalue weighted by Crippen LogP contribution is 2.41. The third kappa shape index (κ3) is 2.23. The summed E-state index contributed by atoms with van der Waals surface area (Å²) in [5.74, 6) is -0.153. The number of amides is 1. The monoisotopic (exact) mass is 320 g/mol. The standard InChI is InChI=1S/C16H14ClFN2O2/c1-22-13-7-6-9(8-11(13)17)20-15(14(19)16(20)21)10-4-2-3-5-12(10)18/h2-8,14-15H,19H2,1H3/t14-,15+/m1/s1. The van der Waals surface area contributed by atoms with Crippen molar-refractivity contribution in [3.63, 3.8) is 0 Å². The van der Waals surface area contributed by atoms with E-state index in [9.17, 15) is 9.18 Å². The Labute approximate surface area is 132 Å². The largest absolute Gasteiger partial charge is 0.495 e. The van der Waals surface area contributed by atoms with Gasteiger partial charge in [-0.1, -0.05) is 29.8 Å². The van der Waals surface area contributed by atoms with Gasteiger partial charge in [0.05, 0.1) is 18.2 Å². The molecule has 0 aromatic heterocycles. The van der Waals surface area contributed by atoms with Crippen LogP contribution in [-0.2, 0) is 4.79 Å². The molecule has 2 aromatic rings. The quantitative estimate of drug-likeness (QED) is 0.885. The first-order valence-corrected chi connectivity index (χ1v) is 7.09. The van der Waals surface area contributed by atoms with Crippen molar-refractivity contribution in [2.75, 3.05) is 12.0 Å². The number of ether oxygens (including phenoxy) is 1. The van der Waals surface area contributed by atoms with E-state index in [4.69, 9.17) is 22.1 Å². The van der Waals surface area contributed by atoms with Gasteiger partial charge in [-0.3, -0.25) is 4.79 Å². The molecular weight excluding hydrogens is 307 g/mol. The van der Waals surface area contributed by atoms with Crippen molar-refractivity contribution in [3.05, 3.63) is 58.9 Å². The van der Waals surface area contributed by atoms with Crippen LogP contribution >= 0.6 is 11.6 Å². The number of nitrogens with two attached hydrogens (primary N) is 1. The van der Waals surface area contributed by atoms with Crippen LogP contribution in [0.1, 0.15) is 11.6 Å². The smallest absolute Gasteiger partial charge is 0.247 e. The van der Waals surface area contributed by atoms with Crippen LogP contribution in [0.2, 0.25) is 5.02 Å². The lowest BCUT2D eigenvalue weighted by Gasteiger charge is -2.45. The number of halogens is 2. The Morgan fingerprint density at radius 2 is 2.00 bits per heavy atom. The molecule has 1 aliphatic rings. The number of hydrogen-bond acceptors (Lipinski definition) is 3. The minimum atomic E-state index is -0.766. The molecule has 6 heteroatoms. The molecule has 4 nitrogen and oxygen atoms in total. The molecule has 114 valence electrons. The number of hydrogen-bond donors (Lipinski definition) is 1. The van der Waals surface area contributed by atoms with Crippen LogP contribution in [-0.4, -0.2) is 19.1 Å². The maximum absolute atomic E-state index is 14.0. The average molecular weight is 321 g/mol. The van der Waals surface area contributed by atoms with Crippen LogP contribution in [0, 0.1) is 5.82 Å². The van der Waals surface area contributed by atoms with Gasteiger partial charge in [0, 0.05) is 11.3 Å². The highest BCUT2D eigenvalue weighted by molar-refractivity contribution is 6.32. The predicted octanol–water partition coefficient (Wildman–Crippen LogP) is 2.90. The van der Waals surface area contributed by atoms with Crippen LogP contribution in [0.4, 0.5) is 10.1 Å². The molecule has 1 aliphatic heterocycles. The molecule has 3 rings (SSSR count). The molecule has 1 saturated heterocycles. The molecule has 1 heterocycles. The average Bonchev–Trinajstić information content (AvgIpc) is 2.52. The molecule has 0 spiro atoms. The summed E-state index contributed by atoms with van der Waals surface area (Å²) in [6, 6.07) is 9.95. The van der Waals surface area contributed by atoms with Crippen molar-refractivity contribution in [2.24, 2.45) is 5.73 Å². The summed E-state index contributed by atoms with van der Waals surface area (Å²) in [5.41, 5.74) is 6.82. The number of β-lactam (4-membered cyclic amide) rings is 1. The van der Waals surface area contributed by atoms with Crippen LogP contribution in [0.5, 0.6) is 5.75 Å². The number of nitrogens with zero attached hydrogens (tertiary/aromatic N) is 1. The number of carbonyl (C=O) groups is 1. The van der Waals surface area contributed by atoms with E-state index in [1.54, 1.807) is 36.4 Å². The van der Waals surface area contributed by atoms with Crippen molar-refractivity contribution in [3.8, 4) is 5.75 Å². The normalized spacial score (nSPS) is 20.7. The minimum Gasteiger partial charge on any atom is -0.495 e. The summed E-state index contributed by atoms with van der Waals surface area (Å²) in [7, 11) is 1.51. The van der Waals surface area contributed by atoms with E-state index in [1.165, 1.54) is 18.1 Å². The molecule has 0 radical (unpaired) electrons. The number of anilines is 1. The number of carbonyl (C=O) groups excluding carboxylic acids is 1. The van der Waals surface area contributed by atoms with Gasteiger partial charge in [-0.2, -0.15) is 0 Å².